The van der Waals surface area contributed by atoms with Crippen molar-refractivity contribution in [3.8, 4) is 6.01 Å². The Labute approximate surface area is 121 Å². The van der Waals surface area contributed by atoms with Crippen molar-refractivity contribution in [2.75, 3.05) is 7.11 Å². The molecule has 0 aromatic carbocycles. The zero-order valence-corrected chi connectivity index (χ0v) is 12.7. The van der Waals surface area contributed by atoms with Crippen molar-refractivity contribution in [3.63, 3.8) is 0 Å². The van der Waals surface area contributed by atoms with E-state index in [2.05, 4.69) is 29.2 Å². The molecular formula is C15H26N4O. The summed E-state index contributed by atoms with van der Waals surface area (Å²) in [5.74, 6) is 7.97. The molecule has 2 rings (SSSR count). The van der Waals surface area contributed by atoms with Crippen LogP contribution in [-0.4, -0.2) is 17.1 Å². The van der Waals surface area contributed by atoms with E-state index in [4.69, 9.17) is 10.6 Å². The lowest BCUT2D eigenvalue weighted by Gasteiger charge is -2.35. The topological polar surface area (TPSA) is 73.1 Å². The fourth-order valence-corrected chi connectivity index (χ4v) is 3.24. The van der Waals surface area contributed by atoms with Gasteiger partial charge in [0.2, 0.25) is 0 Å². The number of aromatic nitrogens is 2. The third kappa shape index (κ3) is 3.46. The molecule has 1 aliphatic rings. The predicted octanol–water partition coefficient (Wildman–Crippen LogP) is 2.45. The van der Waals surface area contributed by atoms with Gasteiger partial charge >= 0.3 is 6.01 Å². The van der Waals surface area contributed by atoms with Crippen LogP contribution in [-0.2, 0) is 0 Å². The zero-order valence-electron chi connectivity index (χ0n) is 12.7. The van der Waals surface area contributed by atoms with E-state index in [1.165, 1.54) is 25.7 Å². The quantitative estimate of drug-likeness (QED) is 0.639. The van der Waals surface area contributed by atoms with Gasteiger partial charge in [0.05, 0.1) is 13.2 Å². The van der Waals surface area contributed by atoms with Crippen molar-refractivity contribution in [3.05, 3.63) is 18.0 Å². The normalized spacial score (nSPS) is 24.6. The van der Waals surface area contributed by atoms with Crippen LogP contribution in [0, 0.1) is 17.8 Å². The lowest BCUT2D eigenvalue weighted by atomic mass is 9.74. The third-order valence-corrected chi connectivity index (χ3v) is 4.60. The average molecular weight is 278 g/mol. The van der Waals surface area contributed by atoms with Crippen LogP contribution in [0.25, 0.3) is 0 Å². The second kappa shape index (κ2) is 6.99. The van der Waals surface area contributed by atoms with Crippen molar-refractivity contribution >= 4 is 0 Å². The van der Waals surface area contributed by atoms with Crippen LogP contribution < -0.4 is 16.0 Å². The molecule has 1 saturated carbocycles. The summed E-state index contributed by atoms with van der Waals surface area (Å²) >= 11 is 0. The van der Waals surface area contributed by atoms with Gasteiger partial charge in [-0.3, -0.25) is 11.3 Å². The zero-order chi connectivity index (χ0) is 14.5. The molecule has 0 spiro atoms. The van der Waals surface area contributed by atoms with E-state index in [0.717, 1.165) is 17.4 Å². The molecule has 20 heavy (non-hydrogen) atoms. The number of nitrogens with zero attached hydrogens (tertiary/aromatic N) is 2. The van der Waals surface area contributed by atoms with Gasteiger partial charge in [0.15, 0.2) is 0 Å². The van der Waals surface area contributed by atoms with Crippen LogP contribution >= 0.6 is 0 Å². The molecule has 112 valence electrons. The van der Waals surface area contributed by atoms with Gasteiger partial charge in [0.25, 0.3) is 0 Å². The number of methoxy groups -OCH3 is 1. The molecule has 3 N–H and O–H groups in total. The molecule has 0 bridgehead atoms. The number of rotatable bonds is 5. The van der Waals surface area contributed by atoms with Gasteiger partial charge in [0.1, 0.15) is 0 Å². The summed E-state index contributed by atoms with van der Waals surface area (Å²) in [4.78, 5) is 8.35. The largest absolute Gasteiger partial charge is 0.467 e. The highest BCUT2D eigenvalue weighted by Gasteiger charge is 2.29. The maximum absolute atomic E-state index is 5.76. The molecule has 5 heteroatoms. The molecular weight excluding hydrogens is 252 g/mol. The number of nitrogens with one attached hydrogen (secondary N) is 1. The lowest BCUT2D eigenvalue weighted by molar-refractivity contribution is 0.189. The van der Waals surface area contributed by atoms with Crippen molar-refractivity contribution in [2.24, 2.45) is 23.6 Å². The van der Waals surface area contributed by atoms with Gasteiger partial charge in [0, 0.05) is 18.0 Å². The monoisotopic (exact) mass is 278 g/mol. The molecule has 1 heterocycles. The molecule has 1 unspecified atom stereocenters. The van der Waals surface area contributed by atoms with Crippen LogP contribution in [0.4, 0.5) is 0 Å². The summed E-state index contributed by atoms with van der Waals surface area (Å²) < 4.78 is 4.99. The molecule has 1 aliphatic carbocycles. The summed E-state index contributed by atoms with van der Waals surface area (Å²) in [5, 5.41) is 0. The van der Waals surface area contributed by atoms with E-state index < -0.39 is 0 Å². The summed E-state index contributed by atoms with van der Waals surface area (Å²) in [6, 6.07) is 0.530. The van der Waals surface area contributed by atoms with Crippen LogP contribution in [0.3, 0.4) is 0 Å². The van der Waals surface area contributed by atoms with E-state index in [9.17, 15) is 0 Å². The minimum Gasteiger partial charge on any atom is -0.467 e. The summed E-state index contributed by atoms with van der Waals surface area (Å²) in [5.41, 5.74) is 3.99. The summed E-state index contributed by atoms with van der Waals surface area (Å²) in [6.45, 7) is 4.64. The molecule has 1 fully saturated rings. The Bertz CT molecular complexity index is 399. The molecule has 1 aromatic rings. The lowest BCUT2D eigenvalue weighted by Crippen LogP contribution is -2.36. The molecule has 0 saturated heterocycles. The first-order chi connectivity index (χ1) is 9.65. The Morgan fingerprint density at radius 1 is 1.15 bits per heavy atom. The van der Waals surface area contributed by atoms with E-state index in [1.54, 1.807) is 7.11 Å². The Morgan fingerprint density at radius 2 is 1.70 bits per heavy atom. The van der Waals surface area contributed by atoms with Crippen LogP contribution in [0.15, 0.2) is 12.4 Å². The third-order valence-electron chi connectivity index (χ3n) is 4.60. The Hall–Kier alpha value is -1.20. The maximum Gasteiger partial charge on any atom is 0.316 e. The first-order valence-corrected chi connectivity index (χ1v) is 7.47. The first kappa shape index (κ1) is 15.2. The Kier molecular flexibility index (Phi) is 5.31. The SMILES string of the molecule is COc1ncc(C(NN)C2CCC(C(C)C)CC2)cn1. The second-order valence-corrected chi connectivity index (χ2v) is 6.07. The number of ether oxygens (including phenoxy) is 1. The van der Waals surface area contributed by atoms with Gasteiger partial charge in [-0.2, -0.15) is 0 Å². The van der Waals surface area contributed by atoms with E-state index >= 15 is 0 Å². The minimum atomic E-state index is 0.133. The van der Waals surface area contributed by atoms with Gasteiger partial charge in [-0.15, -0.1) is 0 Å². The highest BCUT2D eigenvalue weighted by Crippen LogP contribution is 2.38. The summed E-state index contributed by atoms with van der Waals surface area (Å²) in [6.07, 6.45) is 8.62. The van der Waals surface area contributed by atoms with Gasteiger partial charge in [-0.1, -0.05) is 13.8 Å². The fraction of sp³-hybridized carbons (Fsp3) is 0.733. The highest BCUT2D eigenvalue weighted by atomic mass is 16.5. The van der Waals surface area contributed by atoms with Crippen molar-refractivity contribution in [2.45, 2.75) is 45.6 Å². The van der Waals surface area contributed by atoms with Gasteiger partial charge in [-0.25, -0.2) is 9.97 Å². The smallest absolute Gasteiger partial charge is 0.316 e. The second-order valence-electron chi connectivity index (χ2n) is 6.07. The number of nitrogens with two attached hydrogens (primary N) is 1. The molecule has 1 atom stereocenters. The Balaban J connectivity index is 2.01. The highest BCUT2D eigenvalue weighted by molar-refractivity contribution is 5.13. The number of hydrogen-bond acceptors (Lipinski definition) is 5. The molecule has 0 amide bonds. The van der Waals surface area contributed by atoms with E-state index in [1.807, 2.05) is 12.4 Å². The fourth-order valence-electron chi connectivity index (χ4n) is 3.24. The van der Waals surface area contributed by atoms with Crippen molar-refractivity contribution in [1.29, 1.82) is 0 Å². The van der Waals surface area contributed by atoms with E-state index in [0.29, 0.717) is 11.9 Å². The predicted molar refractivity (Wildman–Crippen MR) is 78.9 cm³/mol. The average Bonchev–Trinajstić information content (AvgIpc) is 2.49. The Morgan fingerprint density at radius 3 is 2.15 bits per heavy atom. The van der Waals surface area contributed by atoms with Crippen LogP contribution in [0.5, 0.6) is 6.01 Å². The number of hydrogen-bond donors (Lipinski definition) is 2. The van der Waals surface area contributed by atoms with Gasteiger partial charge in [-0.05, 0) is 43.4 Å². The van der Waals surface area contributed by atoms with E-state index in [-0.39, 0.29) is 6.04 Å². The molecule has 1 aromatic heterocycles. The standard InChI is InChI=1S/C15H26N4O/c1-10(2)11-4-6-12(7-5-11)14(19-16)13-8-17-15(20-3)18-9-13/h8-12,14,19H,4-7,16H2,1-3H3. The van der Waals surface area contributed by atoms with Crippen molar-refractivity contribution in [1.82, 2.24) is 15.4 Å². The molecule has 5 nitrogen and oxygen atoms in total. The summed E-state index contributed by atoms with van der Waals surface area (Å²) in [7, 11) is 1.57. The maximum atomic E-state index is 5.76. The van der Waals surface area contributed by atoms with Crippen LogP contribution in [0.2, 0.25) is 0 Å². The molecule has 0 radical (unpaired) electrons. The number of hydrazine groups is 1. The van der Waals surface area contributed by atoms with Crippen LogP contribution in [0.1, 0.15) is 51.1 Å². The molecule has 0 aliphatic heterocycles. The first-order valence-electron chi connectivity index (χ1n) is 7.47. The minimum absolute atomic E-state index is 0.133. The van der Waals surface area contributed by atoms with Gasteiger partial charge < -0.3 is 4.74 Å². The van der Waals surface area contributed by atoms with Crippen molar-refractivity contribution < 1.29 is 4.74 Å².